The maximum atomic E-state index is 12.7. The van der Waals surface area contributed by atoms with Crippen molar-refractivity contribution < 1.29 is 14.6 Å². The van der Waals surface area contributed by atoms with E-state index in [4.69, 9.17) is 4.74 Å². The summed E-state index contributed by atoms with van der Waals surface area (Å²) in [5.41, 5.74) is 3.18. The van der Waals surface area contributed by atoms with E-state index < -0.39 is 0 Å². The van der Waals surface area contributed by atoms with Crippen molar-refractivity contribution in [1.82, 2.24) is 0 Å². The predicted molar refractivity (Wildman–Crippen MR) is 103 cm³/mol. The van der Waals surface area contributed by atoms with E-state index in [0.717, 1.165) is 48.1 Å². The molecule has 2 aliphatic carbocycles. The van der Waals surface area contributed by atoms with Gasteiger partial charge in [-0.3, -0.25) is 4.79 Å². The van der Waals surface area contributed by atoms with Crippen molar-refractivity contribution in [1.29, 1.82) is 0 Å². The molecule has 1 fully saturated rings. The molecule has 0 heterocycles. The maximum Gasteiger partial charge on any atom is 0.167 e. The molecule has 0 aliphatic heterocycles. The summed E-state index contributed by atoms with van der Waals surface area (Å²) in [5, 5.41) is 10.9. The molecule has 0 radical (unpaired) electrons. The van der Waals surface area contributed by atoms with Gasteiger partial charge in [0.1, 0.15) is 11.5 Å². The molecule has 134 valence electrons. The molecule has 2 aromatic carbocycles. The van der Waals surface area contributed by atoms with Crippen LogP contribution in [0.3, 0.4) is 0 Å². The first kappa shape index (κ1) is 16.9. The first-order valence-electron chi connectivity index (χ1n) is 9.35. The number of carbonyl (C=O) groups is 1. The molecule has 0 unspecified atom stereocenters. The number of hydrogen-bond acceptors (Lipinski definition) is 3. The number of methoxy groups -OCH3 is 1. The Morgan fingerprint density at radius 1 is 0.923 bits per heavy atom. The summed E-state index contributed by atoms with van der Waals surface area (Å²) < 4.78 is 5.29. The van der Waals surface area contributed by atoms with Gasteiger partial charge in [-0.1, -0.05) is 55.7 Å². The molecule has 3 heteroatoms. The second kappa shape index (κ2) is 6.64. The predicted octanol–water partition coefficient (Wildman–Crippen LogP) is 5.55. The molecular formula is C23H24O3. The van der Waals surface area contributed by atoms with Crippen LogP contribution < -0.4 is 4.74 Å². The molecule has 4 rings (SSSR count). The van der Waals surface area contributed by atoms with Crippen LogP contribution in [0.5, 0.6) is 5.75 Å². The Bertz CT molecular complexity index is 855. The average molecular weight is 348 g/mol. The van der Waals surface area contributed by atoms with Gasteiger partial charge in [0.05, 0.1) is 12.7 Å². The summed E-state index contributed by atoms with van der Waals surface area (Å²) in [7, 11) is 1.66. The zero-order valence-electron chi connectivity index (χ0n) is 15.1. The van der Waals surface area contributed by atoms with Crippen molar-refractivity contribution in [3.05, 3.63) is 59.9 Å². The molecule has 1 saturated carbocycles. The first-order chi connectivity index (χ1) is 12.6. The van der Waals surface area contributed by atoms with Crippen molar-refractivity contribution in [3.8, 4) is 16.9 Å². The third-order valence-electron chi connectivity index (χ3n) is 5.90. The van der Waals surface area contributed by atoms with Crippen molar-refractivity contribution in [2.75, 3.05) is 7.11 Å². The maximum absolute atomic E-state index is 12.7. The lowest BCUT2D eigenvalue weighted by Gasteiger charge is -2.32. The van der Waals surface area contributed by atoms with Gasteiger partial charge in [-0.2, -0.15) is 0 Å². The van der Waals surface area contributed by atoms with E-state index in [1.807, 2.05) is 48.5 Å². The van der Waals surface area contributed by atoms with Crippen LogP contribution in [0.25, 0.3) is 16.7 Å². The number of rotatable bonds is 3. The van der Waals surface area contributed by atoms with E-state index in [-0.39, 0.29) is 11.2 Å². The number of ketones is 1. The fraction of sp³-hybridized carbons (Fsp3) is 0.348. The minimum atomic E-state index is -0.296. The SMILES string of the molecule is COc1cccc(-c2ccc(C3=C(O)C4(CCCCC4)CC3=O)cc2)c1. The largest absolute Gasteiger partial charge is 0.511 e. The number of allylic oxidation sites excluding steroid dienone is 2. The van der Waals surface area contributed by atoms with E-state index in [1.165, 1.54) is 6.42 Å². The molecule has 3 nitrogen and oxygen atoms in total. The van der Waals surface area contributed by atoms with Gasteiger partial charge in [0.25, 0.3) is 0 Å². The fourth-order valence-corrected chi connectivity index (χ4v) is 4.45. The second-order valence-corrected chi connectivity index (χ2v) is 7.47. The van der Waals surface area contributed by atoms with Gasteiger partial charge in [-0.15, -0.1) is 0 Å². The first-order valence-corrected chi connectivity index (χ1v) is 9.35. The number of hydrogen-bond donors (Lipinski definition) is 1. The topological polar surface area (TPSA) is 46.5 Å². The van der Waals surface area contributed by atoms with Gasteiger partial charge in [0.2, 0.25) is 0 Å². The smallest absolute Gasteiger partial charge is 0.167 e. The van der Waals surface area contributed by atoms with Crippen LogP contribution in [0.2, 0.25) is 0 Å². The molecule has 26 heavy (non-hydrogen) atoms. The highest BCUT2D eigenvalue weighted by atomic mass is 16.5. The molecular weight excluding hydrogens is 324 g/mol. The van der Waals surface area contributed by atoms with Crippen molar-refractivity contribution >= 4 is 11.4 Å². The third-order valence-corrected chi connectivity index (χ3v) is 5.90. The fourth-order valence-electron chi connectivity index (χ4n) is 4.45. The second-order valence-electron chi connectivity index (χ2n) is 7.47. The molecule has 0 amide bonds. The van der Waals surface area contributed by atoms with Crippen LogP contribution in [0.4, 0.5) is 0 Å². The Balaban J connectivity index is 1.67. The van der Waals surface area contributed by atoms with Crippen LogP contribution in [-0.2, 0) is 4.79 Å². The highest BCUT2D eigenvalue weighted by molar-refractivity contribution is 6.24. The standard InChI is InChI=1S/C23H24O3/c1-26-19-7-5-6-18(14-19)16-8-10-17(11-9-16)21-20(24)15-23(22(21)25)12-3-2-4-13-23/h5-11,14,25H,2-4,12-13,15H2,1H3. The number of aliphatic hydroxyl groups excluding tert-OH is 1. The summed E-state index contributed by atoms with van der Waals surface area (Å²) in [6.07, 6.45) is 5.71. The van der Waals surface area contributed by atoms with E-state index >= 15 is 0 Å². The third kappa shape index (κ3) is 2.82. The van der Waals surface area contributed by atoms with Gasteiger partial charge in [0, 0.05) is 11.8 Å². The van der Waals surface area contributed by atoms with Crippen molar-refractivity contribution in [3.63, 3.8) is 0 Å². The number of ether oxygens (including phenoxy) is 1. The highest BCUT2D eigenvalue weighted by Gasteiger charge is 2.46. The quantitative estimate of drug-likeness (QED) is 0.790. The summed E-state index contributed by atoms with van der Waals surface area (Å²) >= 11 is 0. The molecule has 0 bridgehead atoms. The summed E-state index contributed by atoms with van der Waals surface area (Å²) in [5.74, 6) is 1.23. The summed E-state index contributed by atoms with van der Waals surface area (Å²) in [6.45, 7) is 0. The molecule has 2 aliphatic rings. The zero-order valence-corrected chi connectivity index (χ0v) is 15.1. The monoisotopic (exact) mass is 348 g/mol. The molecule has 0 atom stereocenters. The van der Waals surface area contributed by atoms with Gasteiger partial charge in [-0.05, 0) is 41.7 Å². The van der Waals surface area contributed by atoms with Crippen LogP contribution in [0, 0.1) is 5.41 Å². The summed E-state index contributed by atoms with van der Waals surface area (Å²) in [4.78, 5) is 12.7. The van der Waals surface area contributed by atoms with Crippen LogP contribution in [0.15, 0.2) is 54.3 Å². The minimum Gasteiger partial charge on any atom is -0.511 e. The lowest BCUT2D eigenvalue weighted by atomic mass is 9.72. The number of carbonyl (C=O) groups excluding carboxylic acids is 1. The molecule has 0 aromatic heterocycles. The average Bonchev–Trinajstić information content (AvgIpc) is 2.92. The Morgan fingerprint density at radius 3 is 2.31 bits per heavy atom. The molecule has 0 saturated heterocycles. The van der Waals surface area contributed by atoms with E-state index in [0.29, 0.717) is 17.8 Å². The lowest BCUT2D eigenvalue weighted by molar-refractivity contribution is -0.114. The Hall–Kier alpha value is -2.55. The van der Waals surface area contributed by atoms with Crippen molar-refractivity contribution in [2.45, 2.75) is 38.5 Å². The van der Waals surface area contributed by atoms with Gasteiger partial charge in [-0.25, -0.2) is 0 Å². The normalized spacial score (nSPS) is 19.2. The van der Waals surface area contributed by atoms with Crippen molar-refractivity contribution in [2.24, 2.45) is 5.41 Å². The Kier molecular flexibility index (Phi) is 4.31. The van der Waals surface area contributed by atoms with Gasteiger partial charge < -0.3 is 9.84 Å². The minimum absolute atomic E-state index is 0.0820. The summed E-state index contributed by atoms with van der Waals surface area (Å²) in [6, 6.07) is 15.8. The van der Waals surface area contributed by atoms with Crippen LogP contribution >= 0.6 is 0 Å². The van der Waals surface area contributed by atoms with Crippen LogP contribution in [0.1, 0.15) is 44.1 Å². The molecule has 2 aromatic rings. The highest BCUT2D eigenvalue weighted by Crippen LogP contribution is 2.52. The molecule has 1 N–H and O–H groups in total. The molecule has 1 spiro atoms. The van der Waals surface area contributed by atoms with E-state index in [2.05, 4.69) is 0 Å². The van der Waals surface area contributed by atoms with E-state index in [9.17, 15) is 9.90 Å². The van der Waals surface area contributed by atoms with Gasteiger partial charge in [0.15, 0.2) is 5.78 Å². The van der Waals surface area contributed by atoms with E-state index in [1.54, 1.807) is 7.11 Å². The van der Waals surface area contributed by atoms with Crippen LogP contribution in [-0.4, -0.2) is 18.0 Å². The number of Topliss-reactive ketones (excluding diaryl/α,β-unsaturated/α-hetero) is 1. The number of aliphatic hydroxyl groups is 1. The Morgan fingerprint density at radius 2 is 1.62 bits per heavy atom. The number of benzene rings is 2. The lowest BCUT2D eigenvalue weighted by Crippen LogP contribution is -2.24. The van der Waals surface area contributed by atoms with Gasteiger partial charge >= 0.3 is 0 Å². The Labute approximate surface area is 154 Å². The zero-order chi connectivity index (χ0) is 18.1.